The number of halogens is 1. The molecule has 2 aromatic heterocycles. The molecule has 0 bridgehead atoms. The second-order valence-corrected chi connectivity index (χ2v) is 13.7. The van der Waals surface area contributed by atoms with Crippen LogP contribution in [0.1, 0.15) is 61.7 Å². The number of anilines is 1. The predicted octanol–water partition coefficient (Wildman–Crippen LogP) is 8.03. The van der Waals surface area contributed by atoms with Crippen molar-refractivity contribution < 1.29 is 19.1 Å². The summed E-state index contributed by atoms with van der Waals surface area (Å²) in [6.45, 7) is 5.93. The average Bonchev–Trinajstić information content (AvgIpc) is 3.35. The first-order chi connectivity index (χ1) is 20.9. The predicted molar refractivity (Wildman–Crippen MR) is 177 cm³/mol. The van der Waals surface area contributed by atoms with Crippen molar-refractivity contribution in [3.63, 3.8) is 0 Å². The van der Waals surface area contributed by atoms with Crippen LogP contribution in [0.2, 0.25) is 5.02 Å². The van der Waals surface area contributed by atoms with Gasteiger partial charge in [0, 0.05) is 53.1 Å². The van der Waals surface area contributed by atoms with Crippen LogP contribution < -0.4 is 10.5 Å². The van der Waals surface area contributed by atoms with Crippen molar-refractivity contribution in [2.24, 2.45) is 0 Å². The van der Waals surface area contributed by atoms with E-state index >= 15 is 0 Å². The molecule has 0 spiro atoms. The van der Waals surface area contributed by atoms with Gasteiger partial charge in [0.15, 0.2) is 0 Å². The lowest BCUT2D eigenvalue weighted by Crippen LogP contribution is -2.47. The number of nitrogen functional groups attached to an aromatic ring is 1. The normalized spacial score (nSPS) is 16.9. The van der Waals surface area contributed by atoms with E-state index in [9.17, 15) is 9.59 Å². The summed E-state index contributed by atoms with van der Waals surface area (Å²) in [5.74, 6) is 1.03. The Bertz CT molecular complexity index is 1640. The van der Waals surface area contributed by atoms with E-state index in [1.54, 1.807) is 31.3 Å². The maximum atomic E-state index is 14.4. The minimum atomic E-state index is -0.564. The first kappa shape index (κ1) is 31.6. The number of amides is 2. The zero-order valence-corrected chi connectivity index (χ0v) is 27.4. The van der Waals surface area contributed by atoms with Crippen molar-refractivity contribution in [1.82, 2.24) is 14.8 Å². The van der Waals surface area contributed by atoms with Crippen LogP contribution >= 0.6 is 22.9 Å². The number of methoxy groups -OCH3 is 1. The molecule has 1 aliphatic rings. The molecule has 2 heterocycles. The van der Waals surface area contributed by atoms with Crippen molar-refractivity contribution in [3.8, 4) is 16.9 Å². The van der Waals surface area contributed by atoms with Crippen LogP contribution in [0.4, 0.5) is 10.6 Å². The molecule has 2 N–H and O–H groups in total. The Morgan fingerprint density at radius 3 is 2.34 bits per heavy atom. The molecule has 0 saturated heterocycles. The molecule has 0 radical (unpaired) electrons. The number of pyridine rings is 1. The first-order valence-electron chi connectivity index (χ1n) is 14.8. The molecular weight excluding hydrogens is 596 g/mol. The highest BCUT2D eigenvalue weighted by Crippen LogP contribution is 2.39. The van der Waals surface area contributed by atoms with Gasteiger partial charge in [0.2, 0.25) is 0 Å². The molecule has 1 aliphatic carbocycles. The van der Waals surface area contributed by atoms with Gasteiger partial charge in [0.1, 0.15) is 22.0 Å². The summed E-state index contributed by atoms with van der Waals surface area (Å²) in [6, 6.07) is 17.4. The lowest BCUT2D eigenvalue weighted by atomic mass is 9.89. The number of hydrogen-bond acceptors (Lipinski definition) is 7. The van der Waals surface area contributed by atoms with Crippen LogP contribution in [-0.2, 0) is 11.3 Å². The molecule has 0 aliphatic heterocycles. The van der Waals surface area contributed by atoms with Crippen LogP contribution in [0.25, 0.3) is 21.2 Å². The fraction of sp³-hybridized carbons (Fsp3) is 0.382. The minimum Gasteiger partial charge on any atom is -0.496 e. The van der Waals surface area contributed by atoms with Gasteiger partial charge in [0.25, 0.3) is 5.91 Å². The van der Waals surface area contributed by atoms with Gasteiger partial charge in [0.05, 0.1) is 12.1 Å². The third kappa shape index (κ3) is 6.94. The third-order valence-corrected chi connectivity index (χ3v) is 9.73. The third-order valence-electron chi connectivity index (χ3n) is 8.07. The van der Waals surface area contributed by atoms with Crippen molar-refractivity contribution in [3.05, 3.63) is 76.3 Å². The van der Waals surface area contributed by atoms with Crippen LogP contribution in [-0.4, -0.2) is 58.6 Å². The van der Waals surface area contributed by atoms with Gasteiger partial charge in [-0.15, -0.1) is 11.3 Å². The largest absolute Gasteiger partial charge is 0.496 e. The van der Waals surface area contributed by atoms with Crippen molar-refractivity contribution >= 4 is 50.8 Å². The van der Waals surface area contributed by atoms with Crippen LogP contribution in [0, 0.1) is 0 Å². The second-order valence-electron chi connectivity index (χ2n) is 12.2. The fourth-order valence-corrected chi connectivity index (χ4v) is 7.20. The molecule has 44 heavy (non-hydrogen) atoms. The van der Waals surface area contributed by atoms with Gasteiger partial charge in [-0.3, -0.25) is 4.79 Å². The number of nitrogens with two attached hydrogens (primary N) is 1. The number of hydrogen-bond donors (Lipinski definition) is 1. The van der Waals surface area contributed by atoms with E-state index < -0.39 is 5.60 Å². The molecule has 10 heteroatoms. The summed E-state index contributed by atoms with van der Waals surface area (Å²) in [5, 5.41) is 1.35. The monoisotopic (exact) mass is 634 g/mol. The van der Waals surface area contributed by atoms with E-state index in [0.29, 0.717) is 28.0 Å². The zero-order chi connectivity index (χ0) is 31.6. The Balaban J connectivity index is 1.45. The maximum Gasteiger partial charge on any atom is 0.410 e. The number of rotatable bonds is 7. The Morgan fingerprint density at radius 1 is 1.02 bits per heavy atom. The van der Waals surface area contributed by atoms with E-state index in [4.69, 9.17) is 26.8 Å². The van der Waals surface area contributed by atoms with E-state index in [1.165, 1.54) is 11.3 Å². The first-order valence-corrected chi connectivity index (χ1v) is 16.0. The summed E-state index contributed by atoms with van der Waals surface area (Å²) in [5.41, 5.74) is 7.99. The average molecular weight is 635 g/mol. The number of aromatic nitrogens is 1. The number of carbonyl (C=O) groups excluding carboxylic acids is 2. The van der Waals surface area contributed by atoms with E-state index in [0.717, 1.165) is 52.5 Å². The molecule has 0 atom stereocenters. The lowest BCUT2D eigenvalue weighted by molar-refractivity contribution is 0.0144. The molecule has 232 valence electrons. The molecule has 2 aromatic carbocycles. The highest BCUT2D eigenvalue weighted by Gasteiger charge is 2.35. The zero-order valence-electron chi connectivity index (χ0n) is 25.8. The van der Waals surface area contributed by atoms with Gasteiger partial charge in [-0.1, -0.05) is 35.9 Å². The quantitative estimate of drug-likeness (QED) is 0.221. The maximum absolute atomic E-state index is 14.4. The van der Waals surface area contributed by atoms with Crippen LogP contribution in [0.5, 0.6) is 5.75 Å². The molecule has 2 amide bonds. The second kappa shape index (κ2) is 13.0. The highest BCUT2D eigenvalue weighted by molar-refractivity contribution is 7.21. The Kier molecular flexibility index (Phi) is 9.37. The van der Waals surface area contributed by atoms with E-state index in [1.807, 2.05) is 74.2 Å². The topological polar surface area (TPSA) is 98.0 Å². The van der Waals surface area contributed by atoms with Crippen molar-refractivity contribution in [1.29, 1.82) is 0 Å². The highest BCUT2D eigenvalue weighted by atomic mass is 35.5. The van der Waals surface area contributed by atoms with Gasteiger partial charge in [-0.05, 0) is 82.3 Å². The molecular formula is C34H39ClN4O4S. The minimum absolute atomic E-state index is 0.0295. The molecule has 5 rings (SSSR count). The Morgan fingerprint density at radius 2 is 1.70 bits per heavy atom. The van der Waals surface area contributed by atoms with E-state index in [2.05, 4.69) is 4.98 Å². The molecule has 0 unspecified atom stereocenters. The molecule has 4 aromatic rings. The fourth-order valence-electron chi connectivity index (χ4n) is 5.73. The summed E-state index contributed by atoms with van der Waals surface area (Å²) >= 11 is 8.25. The lowest BCUT2D eigenvalue weighted by Gasteiger charge is -2.40. The van der Waals surface area contributed by atoms with Crippen molar-refractivity contribution in [2.75, 3.05) is 19.9 Å². The van der Waals surface area contributed by atoms with Gasteiger partial charge < -0.3 is 25.0 Å². The SMILES string of the molecule is COc1ccc(-c2ccc(N)nc2)cc1CN(C(=O)c1sc2ccccc2c1Cl)C1CCC(N(C)C(=O)OC(C)(C)C)CC1. The smallest absolute Gasteiger partial charge is 0.410 e. The number of carbonyl (C=O) groups is 2. The van der Waals surface area contributed by atoms with Crippen LogP contribution in [0.15, 0.2) is 60.8 Å². The van der Waals surface area contributed by atoms with Gasteiger partial charge in [-0.25, -0.2) is 9.78 Å². The summed E-state index contributed by atoms with van der Waals surface area (Å²) in [4.78, 5) is 35.6. The molecule has 1 fully saturated rings. The summed E-state index contributed by atoms with van der Waals surface area (Å²) < 4.78 is 12.3. The standard InChI is InChI=1S/C34H39ClN4O4S/c1-34(2,3)43-33(41)38(4)24-12-14-25(15-13-24)39(32(40)31-30(35)26-8-6-7-9-28(26)44-31)20-23-18-21(10-16-27(23)42-5)22-11-17-29(36)37-19-22/h6-11,16-19,24-25H,12-15,20H2,1-5H3,(H2,36,37). The van der Waals surface area contributed by atoms with E-state index in [-0.39, 0.29) is 24.1 Å². The van der Waals surface area contributed by atoms with Gasteiger partial charge in [-0.2, -0.15) is 0 Å². The van der Waals surface area contributed by atoms with Gasteiger partial charge >= 0.3 is 6.09 Å². The number of thiophene rings is 1. The number of nitrogens with zero attached hydrogens (tertiary/aromatic N) is 3. The molecule has 8 nitrogen and oxygen atoms in total. The van der Waals surface area contributed by atoms with Crippen molar-refractivity contribution in [2.45, 2.75) is 70.7 Å². The van der Waals surface area contributed by atoms with Crippen LogP contribution in [0.3, 0.4) is 0 Å². The number of ether oxygens (including phenoxy) is 2. The summed E-state index contributed by atoms with van der Waals surface area (Å²) in [7, 11) is 3.43. The number of fused-ring (bicyclic) bond motifs is 1. The Hall–Kier alpha value is -3.82. The molecule has 1 saturated carbocycles. The summed E-state index contributed by atoms with van der Waals surface area (Å²) in [6.07, 6.45) is 4.37. The Labute approximate surface area is 267 Å². The number of benzene rings is 2.